The number of hydrogen-bond donors (Lipinski definition) is 1. The van der Waals surface area contributed by atoms with Gasteiger partial charge in [0.15, 0.2) is 5.65 Å². The van der Waals surface area contributed by atoms with Crippen LogP contribution in [-0.4, -0.2) is 92.0 Å². The van der Waals surface area contributed by atoms with E-state index in [9.17, 15) is 17.2 Å². The van der Waals surface area contributed by atoms with Crippen molar-refractivity contribution in [1.29, 1.82) is 0 Å². The first kappa shape index (κ1) is 25.7. The van der Waals surface area contributed by atoms with Crippen molar-refractivity contribution in [3.63, 3.8) is 0 Å². The number of piperidine rings is 1. The Morgan fingerprint density at radius 1 is 1.08 bits per heavy atom. The number of nitrogens with zero attached hydrogens (tertiary/aromatic N) is 7. The fourth-order valence-corrected chi connectivity index (χ4v) is 5.46. The van der Waals surface area contributed by atoms with Crippen molar-refractivity contribution in [2.24, 2.45) is 5.92 Å². The summed E-state index contributed by atoms with van der Waals surface area (Å²) in [6, 6.07) is 6.77. The average Bonchev–Trinajstić information content (AvgIpc) is 3.31. The van der Waals surface area contributed by atoms with E-state index in [0.717, 1.165) is 62.8 Å². The van der Waals surface area contributed by atoms with Crippen LogP contribution < -0.4 is 14.5 Å². The number of hydrogen-bond acceptors (Lipinski definition) is 8. The van der Waals surface area contributed by atoms with E-state index in [1.165, 1.54) is 16.8 Å². The standard InChI is InChI=1S/C24H32F2N8O2S/c1-31-8-10-32(11-9-31)22-12-18(20-15-27-21-6-5-19(24(25)26)30-34(20)21)13-23(29-22)33-7-3-4-17(16-33)14-28-37(2,35)36/h5-6,12-13,15,17,24,28H,3-4,7-11,14,16H2,1-2H3. The van der Waals surface area contributed by atoms with Crippen LogP contribution in [-0.2, 0) is 10.0 Å². The molecular weight excluding hydrogens is 502 g/mol. The van der Waals surface area contributed by atoms with Gasteiger partial charge < -0.3 is 14.7 Å². The molecule has 1 unspecified atom stereocenters. The Morgan fingerprint density at radius 2 is 1.81 bits per heavy atom. The molecule has 10 nitrogen and oxygen atoms in total. The quantitative estimate of drug-likeness (QED) is 0.493. The highest BCUT2D eigenvalue weighted by Crippen LogP contribution is 2.31. The summed E-state index contributed by atoms with van der Waals surface area (Å²) in [6.45, 7) is 5.34. The molecule has 0 spiro atoms. The summed E-state index contributed by atoms with van der Waals surface area (Å²) in [5, 5.41) is 4.15. The van der Waals surface area contributed by atoms with Crippen molar-refractivity contribution in [2.75, 3.05) is 68.9 Å². The van der Waals surface area contributed by atoms with Gasteiger partial charge >= 0.3 is 0 Å². The third kappa shape index (κ3) is 5.99. The number of aromatic nitrogens is 4. The first-order valence-corrected chi connectivity index (χ1v) is 14.3. The van der Waals surface area contributed by atoms with Crippen LogP contribution in [0.3, 0.4) is 0 Å². The van der Waals surface area contributed by atoms with Gasteiger partial charge in [0.2, 0.25) is 10.0 Å². The predicted molar refractivity (Wildman–Crippen MR) is 139 cm³/mol. The fourth-order valence-electron chi connectivity index (χ4n) is 4.92. The van der Waals surface area contributed by atoms with E-state index in [4.69, 9.17) is 4.98 Å². The molecule has 2 saturated heterocycles. The van der Waals surface area contributed by atoms with Crippen LogP contribution >= 0.6 is 0 Å². The maximum atomic E-state index is 13.4. The Kier molecular flexibility index (Phi) is 7.28. The van der Waals surface area contributed by atoms with Crippen LogP contribution in [0.2, 0.25) is 0 Å². The molecule has 0 bridgehead atoms. The van der Waals surface area contributed by atoms with Gasteiger partial charge in [0, 0.05) is 51.4 Å². The van der Waals surface area contributed by atoms with Crippen LogP contribution in [0.15, 0.2) is 30.5 Å². The van der Waals surface area contributed by atoms with Crippen LogP contribution in [0.4, 0.5) is 20.4 Å². The first-order valence-electron chi connectivity index (χ1n) is 12.4. The summed E-state index contributed by atoms with van der Waals surface area (Å²) in [6.07, 6.45) is 1.99. The SMILES string of the molecule is CN1CCN(c2cc(-c3cnc4ccc(C(F)F)nn34)cc(N3CCCC(CNS(C)(=O)=O)C3)n2)CC1. The molecule has 0 aromatic carbocycles. The highest BCUT2D eigenvalue weighted by molar-refractivity contribution is 7.88. The Bertz CT molecular complexity index is 1360. The minimum Gasteiger partial charge on any atom is -0.356 e. The topological polar surface area (TPSA) is 99.0 Å². The smallest absolute Gasteiger partial charge is 0.282 e. The zero-order valence-electron chi connectivity index (χ0n) is 21.0. The van der Waals surface area contributed by atoms with Crippen molar-refractivity contribution in [3.8, 4) is 11.3 Å². The molecule has 13 heteroatoms. The van der Waals surface area contributed by atoms with Gasteiger partial charge in [-0.15, -0.1) is 0 Å². The van der Waals surface area contributed by atoms with Crippen molar-refractivity contribution in [2.45, 2.75) is 19.3 Å². The minimum atomic E-state index is -3.26. The maximum Gasteiger partial charge on any atom is 0.282 e. The Morgan fingerprint density at radius 3 is 2.51 bits per heavy atom. The summed E-state index contributed by atoms with van der Waals surface area (Å²) in [5.41, 5.74) is 1.59. The summed E-state index contributed by atoms with van der Waals surface area (Å²) < 4.78 is 54.1. The highest BCUT2D eigenvalue weighted by Gasteiger charge is 2.25. The molecule has 37 heavy (non-hydrogen) atoms. The number of fused-ring (bicyclic) bond motifs is 1. The van der Waals surface area contributed by atoms with Gasteiger partial charge in [-0.05, 0) is 50.1 Å². The largest absolute Gasteiger partial charge is 0.356 e. The summed E-state index contributed by atoms with van der Waals surface area (Å²) in [7, 11) is -1.17. The van der Waals surface area contributed by atoms with Gasteiger partial charge in [-0.25, -0.2) is 36.4 Å². The lowest BCUT2D eigenvalue weighted by molar-refractivity contribution is 0.144. The third-order valence-corrected chi connectivity index (χ3v) is 7.70. The molecule has 3 aromatic rings. The molecule has 2 aliphatic heterocycles. The second-order valence-corrected chi connectivity index (χ2v) is 11.7. The fraction of sp³-hybridized carbons (Fsp3) is 0.542. The van der Waals surface area contributed by atoms with Crippen molar-refractivity contribution < 1.29 is 17.2 Å². The van der Waals surface area contributed by atoms with Gasteiger partial charge in [-0.1, -0.05) is 0 Å². The normalized spacial score (nSPS) is 19.8. The van der Waals surface area contributed by atoms with Gasteiger partial charge in [-0.3, -0.25) is 0 Å². The summed E-state index contributed by atoms with van der Waals surface area (Å²) in [4.78, 5) is 16.1. The molecule has 5 rings (SSSR count). The number of pyridine rings is 1. The van der Waals surface area contributed by atoms with Crippen molar-refractivity contribution >= 4 is 27.3 Å². The monoisotopic (exact) mass is 534 g/mol. The number of halogens is 2. The van der Waals surface area contributed by atoms with Crippen LogP contribution in [0.25, 0.3) is 16.9 Å². The lowest BCUT2D eigenvalue weighted by Gasteiger charge is -2.36. The first-order chi connectivity index (χ1) is 17.7. The lowest BCUT2D eigenvalue weighted by atomic mass is 9.98. The number of nitrogens with one attached hydrogen (secondary N) is 1. The molecule has 2 fully saturated rings. The molecule has 1 atom stereocenters. The number of alkyl halides is 2. The molecule has 0 aliphatic carbocycles. The molecule has 200 valence electrons. The van der Waals surface area contributed by atoms with Crippen LogP contribution in [0.1, 0.15) is 25.0 Å². The van der Waals surface area contributed by atoms with Crippen LogP contribution in [0.5, 0.6) is 0 Å². The minimum absolute atomic E-state index is 0.159. The number of likely N-dealkylation sites (N-methyl/N-ethyl adjacent to an activating group) is 1. The van der Waals surface area contributed by atoms with Gasteiger partial charge in [0.05, 0.1) is 18.1 Å². The Hall–Kier alpha value is -2.90. The summed E-state index contributed by atoms with van der Waals surface area (Å²) >= 11 is 0. The molecule has 2 aliphatic rings. The molecule has 1 N–H and O–H groups in total. The third-order valence-electron chi connectivity index (χ3n) is 7.01. The second kappa shape index (κ2) is 10.5. The predicted octanol–water partition coefficient (Wildman–Crippen LogP) is 2.25. The van der Waals surface area contributed by atoms with E-state index >= 15 is 0 Å². The van der Waals surface area contributed by atoms with Crippen LogP contribution in [0, 0.1) is 5.92 Å². The van der Waals surface area contributed by atoms with E-state index in [1.807, 2.05) is 12.1 Å². The molecule has 0 saturated carbocycles. The van der Waals surface area contributed by atoms with Gasteiger partial charge in [0.1, 0.15) is 17.3 Å². The van der Waals surface area contributed by atoms with E-state index in [-0.39, 0.29) is 11.6 Å². The molecule has 0 radical (unpaired) electrons. The Labute approximate surface area is 215 Å². The van der Waals surface area contributed by atoms with E-state index in [2.05, 4.69) is 36.6 Å². The zero-order chi connectivity index (χ0) is 26.2. The summed E-state index contributed by atoms with van der Waals surface area (Å²) in [5.74, 6) is 1.75. The zero-order valence-corrected chi connectivity index (χ0v) is 21.8. The number of piperazine rings is 1. The van der Waals surface area contributed by atoms with Crippen molar-refractivity contribution in [1.82, 2.24) is 29.2 Å². The number of rotatable bonds is 7. The molecule has 5 heterocycles. The number of anilines is 2. The average molecular weight is 535 g/mol. The number of imidazole rings is 1. The second-order valence-electron chi connectivity index (χ2n) is 9.91. The molecular formula is C24H32F2N8O2S. The maximum absolute atomic E-state index is 13.4. The number of sulfonamides is 1. The van der Waals surface area contributed by atoms with E-state index < -0.39 is 16.4 Å². The Balaban J connectivity index is 1.52. The van der Waals surface area contributed by atoms with E-state index in [0.29, 0.717) is 24.4 Å². The molecule has 3 aromatic heterocycles. The van der Waals surface area contributed by atoms with Gasteiger partial charge in [0.25, 0.3) is 6.43 Å². The lowest BCUT2D eigenvalue weighted by Crippen LogP contribution is -2.45. The van der Waals surface area contributed by atoms with Crippen molar-refractivity contribution in [3.05, 3.63) is 36.2 Å². The van der Waals surface area contributed by atoms with E-state index in [1.54, 1.807) is 12.3 Å². The highest BCUT2D eigenvalue weighted by atomic mass is 32.2. The van der Waals surface area contributed by atoms with Gasteiger partial charge in [-0.2, -0.15) is 5.10 Å². The molecule has 0 amide bonds.